The molecule has 5 rings (SSSR count). The maximum Gasteiger partial charge on any atom is 0.197 e. The predicted octanol–water partition coefficient (Wildman–Crippen LogP) is 5.67. The van der Waals surface area contributed by atoms with Gasteiger partial charge in [-0.3, -0.25) is 14.6 Å². The van der Waals surface area contributed by atoms with Crippen LogP contribution in [0, 0.1) is 5.92 Å². The molecule has 5 heteroatoms. The molecule has 0 fully saturated rings. The summed E-state index contributed by atoms with van der Waals surface area (Å²) in [6, 6.07) is 17.6. The van der Waals surface area contributed by atoms with Crippen molar-refractivity contribution in [3.8, 4) is 11.3 Å². The quantitative estimate of drug-likeness (QED) is 0.388. The van der Waals surface area contributed by atoms with Gasteiger partial charge in [0, 0.05) is 48.5 Å². The number of pyridine rings is 1. The third-order valence-corrected chi connectivity index (χ3v) is 6.20. The highest BCUT2D eigenvalue weighted by Gasteiger charge is 2.31. The first-order valence-electron chi connectivity index (χ1n) is 11.0. The van der Waals surface area contributed by atoms with Crippen LogP contribution < -0.4 is 0 Å². The molecule has 0 spiro atoms. The van der Waals surface area contributed by atoms with Gasteiger partial charge in [-0.2, -0.15) is 0 Å². The van der Waals surface area contributed by atoms with Gasteiger partial charge in [0.2, 0.25) is 0 Å². The smallest absolute Gasteiger partial charge is 0.197 e. The Labute approximate surface area is 186 Å². The van der Waals surface area contributed by atoms with Gasteiger partial charge < -0.3 is 9.40 Å². The number of carbonyl (C=O) groups is 2. The number of aromatic nitrogens is 2. The number of aromatic amines is 1. The summed E-state index contributed by atoms with van der Waals surface area (Å²) in [5, 5.41) is 0. The minimum Gasteiger partial charge on any atom is -0.461 e. The number of ketones is 2. The Hall–Kier alpha value is -3.73. The summed E-state index contributed by atoms with van der Waals surface area (Å²) in [7, 11) is 0. The molecule has 1 unspecified atom stereocenters. The topological polar surface area (TPSA) is 76.0 Å². The van der Waals surface area contributed by atoms with Gasteiger partial charge in [0.15, 0.2) is 17.3 Å². The Kier molecular flexibility index (Phi) is 5.55. The van der Waals surface area contributed by atoms with Crippen LogP contribution in [-0.2, 0) is 12.8 Å². The molecule has 160 valence electrons. The van der Waals surface area contributed by atoms with Crippen molar-refractivity contribution in [2.45, 2.75) is 32.1 Å². The first-order chi connectivity index (χ1) is 15.7. The van der Waals surface area contributed by atoms with E-state index in [0.717, 1.165) is 34.5 Å². The SMILES string of the molecule is O=C(CCC1CC(=O)c2c([nH]c(-c3ccncc3)c2Cc2ccccc2)C1)c1ccco1. The van der Waals surface area contributed by atoms with Crippen LogP contribution in [0.5, 0.6) is 0 Å². The van der Waals surface area contributed by atoms with E-state index in [-0.39, 0.29) is 17.5 Å². The van der Waals surface area contributed by atoms with Gasteiger partial charge in [-0.05, 0) is 54.2 Å². The lowest BCUT2D eigenvalue weighted by Crippen LogP contribution is -2.21. The normalized spacial score (nSPS) is 15.5. The Balaban J connectivity index is 1.43. The zero-order valence-corrected chi connectivity index (χ0v) is 17.7. The summed E-state index contributed by atoms with van der Waals surface area (Å²) in [5.74, 6) is 0.673. The molecule has 3 aromatic heterocycles. The van der Waals surface area contributed by atoms with Crippen molar-refractivity contribution in [1.82, 2.24) is 9.97 Å². The molecule has 1 aliphatic rings. The molecule has 3 heterocycles. The molecule has 0 bridgehead atoms. The highest BCUT2D eigenvalue weighted by atomic mass is 16.3. The lowest BCUT2D eigenvalue weighted by Gasteiger charge is -2.21. The van der Waals surface area contributed by atoms with Crippen LogP contribution in [0.2, 0.25) is 0 Å². The van der Waals surface area contributed by atoms with Crippen LogP contribution in [-0.4, -0.2) is 21.5 Å². The average molecular weight is 425 g/mol. The number of furan rings is 1. The third-order valence-electron chi connectivity index (χ3n) is 6.20. The summed E-state index contributed by atoms with van der Waals surface area (Å²) in [5.41, 5.74) is 6.04. The van der Waals surface area contributed by atoms with Crippen molar-refractivity contribution in [2.75, 3.05) is 0 Å². The number of carbonyl (C=O) groups excluding carboxylic acids is 2. The van der Waals surface area contributed by atoms with Crippen molar-refractivity contribution in [3.63, 3.8) is 0 Å². The van der Waals surface area contributed by atoms with Gasteiger partial charge in [0.05, 0.1) is 12.0 Å². The Morgan fingerprint density at radius 2 is 1.84 bits per heavy atom. The van der Waals surface area contributed by atoms with Crippen LogP contribution in [0.3, 0.4) is 0 Å². The molecule has 1 atom stereocenters. The van der Waals surface area contributed by atoms with Crippen molar-refractivity contribution in [1.29, 1.82) is 0 Å². The predicted molar refractivity (Wildman–Crippen MR) is 122 cm³/mol. The van der Waals surface area contributed by atoms with Crippen molar-refractivity contribution < 1.29 is 14.0 Å². The monoisotopic (exact) mass is 424 g/mol. The standard InChI is InChI=1S/C27H24N2O3/c30-23(25-7-4-14-32-25)9-8-19-16-22-26(24(31)17-19)21(15-18-5-2-1-3-6-18)27(29-22)20-10-12-28-13-11-20/h1-7,10-14,19,29H,8-9,15-17H2. The maximum absolute atomic E-state index is 13.3. The molecule has 5 nitrogen and oxygen atoms in total. The molecule has 4 aromatic rings. The fraction of sp³-hybridized carbons (Fsp3) is 0.222. The molecule has 0 aliphatic heterocycles. The molecule has 32 heavy (non-hydrogen) atoms. The van der Waals surface area contributed by atoms with E-state index in [1.165, 1.54) is 11.8 Å². The van der Waals surface area contributed by atoms with Crippen molar-refractivity contribution in [3.05, 3.63) is 101 Å². The fourth-order valence-corrected chi connectivity index (χ4v) is 4.65. The average Bonchev–Trinajstić information content (AvgIpc) is 3.48. The third kappa shape index (κ3) is 4.06. The van der Waals surface area contributed by atoms with Crippen LogP contribution in [0.4, 0.5) is 0 Å². The maximum atomic E-state index is 13.3. The summed E-state index contributed by atoms with van der Waals surface area (Å²) in [6.45, 7) is 0. The number of rotatable bonds is 7. The molecule has 1 aliphatic carbocycles. The summed E-state index contributed by atoms with van der Waals surface area (Å²) in [4.78, 5) is 33.3. The summed E-state index contributed by atoms with van der Waals surface area (Å²) < 4.78 is 5.21. The minimum absolute atomic E-state index is 0.0121. The minimum atomic E-state index is -0.0121. The second-order valence-corrected chi connectivity index (χ2v) is 8.37. The number of hydrogen-bond donors (Lipinski definition) is 1. The largest absolute Gasteiger partial charge is 0.461 e. The molecule has 1 N–H and O–H groups in total. The first-order valence-corrected chi connectivity index (χ1v) is 11.0. The van der Waals surface area contributed by atoms with E-state index >= 15 is 0 Å². The fourth-order valence-electron chi connectivity index (χ4n) is 4.65. The van der Waals surface area contributed by atoms with Gasteiger partial charge >= 0.3 is 0 Å². The van der Waals surface area contributed by atoms with E-state index in [1.54, 1.807) is 24.5 Å². The van der Waals surface area contributed by atoms with Crippen molar-refractivity contribution in [2.24, 2.45) is 5.92 Å². The lowest BCUT2D eigenvalue weighted by molar-refractivity contribution is 0.0908. The molecule has 0 amide bonds. The van der Waals surface area contributed by atoms with E-state index < -0.39 is 0 Å². The Bertz CT molecular complexity index is 1220. The zero-order chi connectivity index (χ0) is 21.9. The number of nitrogens with one attached hydrogen (secondary N) is 1. The van der Waals surface area contributed by atoms with E-state index in [4.69, 9.17) is 4.42 Å². The molecular formula is C27H24N2O3. The van der Waals surface area contributed by atoms with Gasteiger partial charge in [-0.25, -0.2) is 0 Å². The van der Waals surface area contributed by atoms with E-state index in [1.807, 2.05) is 30.3 Å². The summed E-state index contributed by atoms with van der Waals surface area (Å²) in [6.07, 6.45) is 8.03. The van der Waals surface area contributed by atoms with Gasteiger partial charge in [0.1, 0.15) is 0 Å². The Morgan fingerprint density at radius 3 is 2.59 bits per heavy atom. The number of fused-ring (bicyclic) bond motifs is 1. The van der Waals surface area contributed by atoms with E-state index in [2.05, 4.69) is 22.1 Å². The Morgan fingerprint density at radius 1 is 1.03 bits per heavy atom. The van der Waals surface area contributed by atoms with Crippen LogP contribution in [0.1, 0.15) is 57.0 Å². The zero-order valence-electron chi connectivity index (χ0n) is 17.7. The molecule has 1 aromatic carbocycles. The first kappa shape index (κ1) is 20.2. The van der Waals surface area contributed by atoms with Gasteiger partial charge in [0.25, 0.3) is 0 Å². The molecule has 0 radical (unpaired) electrons. The van der Waals surface area contributed by atoms with Crippen LogP contribution >= 0.6 is 0 Å². The van der Waals surface area contributed by atoms with E-state index in [0.29, 0.717) is 31.4 Å². The number of nitrogens with zero attached hydrogens (tertiary/aromatic N) is 1. The molecule has 0 saturated heterocycles. The second kappa shape index (κ2) is 8.79. The highest BCUT2D eigenvalue weighted by molar-refractivity contribution is 6.02. The van der Waals surface area contributed by atoms with E-state index in [9.17, 15) is 9.59 Å². The number of benzene rings is 1. The highest BCUT2D eigenvalue weighted by Crippen LogP contribution is 2.37. The lowest BCUT2D eigenvalue weighted by atomic mass is 9.81. The molecule has 0 saturated carbocycles. The van der Waals surface area contributed by atoms with Gasteiger partial charge in [-0.1, -0.05) is 30.3 Å². The van der Waals surface area contributed by atoms with Crippen LogP contribution in [0.15, 0.2) is 77.7 Å². The number of Topliss-reactive ketones (excluding diaryl/α,β-unsaturated/α-hetero) is 2. The second-order valence-electron chi connectivity index (χ2n) is 8.37. The number of hydrogen-bond acceptors (Lipinski definition) is 4. The molecular weight excluding hydrogens is 400 g/mol. The summed E-state index contributed by atoms with van der Waals surface area (Å²) >= 11 is 0. The van der Waals surface area contributed by atoms with Gasteiger partial charge in [-0.15, -0.1) is 0 Å². The number of H-pyrrole nitrogens is 1. The van der Waals surface area contributed by atoms with Crippen LogP contribution in [0.25, 0.3) is 11.3 Å². The van der Waals surface area contributed by atoms with Crippen molar-refractivity contribution >= 4 is 11.6 Å².